The molecule has 0 radical (unpaired) electrons. The van der Waals surface area contributed by atoms with Crippen LogP contribution in [0.25, 0.3) is 0 Å². The lowest BCUT2D eigenvalue weighted by Gasteiger charge is -2.26. The smallest absolute Gasteiger partial charge is 0.164 e. The average Bonchev–Trinajstić information content (AvgIpc) is 2.39. The van der Waals surface area contributed by atoms with Crippen molar-refractivity contribution >= 4 is 0 Å². The molecular weight excluding hydrogens is 168 g/mol. The van der Waals surface area contributed by atoms with Crippen molar-refractivity contribution in [3.8, 4) is 0 Å². The molecule has 0 aromatic rings. The second-order valence-corrected chi connectivity index (χ2v) is 4.72. The number of aliphatic hydroxyl groups is 1. The van der Waals surface area contributed by atoms with Crippen molar-refractivity contribution in [3.05, 3.63) is 0 Å². The van der Waals surface area contributed by atoms with E-state index in [1.165, 1.54) is 0 Å². The molecule has 3 nitrogen and oxygen atoms in total. The Balaban J connectivity index is 2.16. The maximum Gasteiger partial charge on any atom is 0.164 e. The van der Waals surface area contributed by atoms with E-state index in [-0.39, 0.29) is 17.8 Å². The molecule has 0 aromatic carbocycles. The minimum Gasteiger partial charge on any atom is -0.393 e. The first-order valence-corrected chi connectivity index (χ1v) is 5.00. The van der Waals surface area contributed by atoms with Gasteiger partial charge in [0.2, 0.25) is 0 Å². The van der Waals surface area contributed by atoms with Gasteiger partial charge in [-0.25, -0.2) is 0 Å². The molecule has 0 unspecified atom stereocenters. The molecule has 1 saturated heterocycles. The fraction of sp³-hybridized carbons (Fsp3) is 1.00. The Kier molecular flexibility index (Phi) is 1.95. The zero-order valence-electron chi connectivity index (χ0n) is 8.54. The van der Waals surface area contributed by atoms with Gasteiger partial charge >= 0.3 is 0 Å². The summed E-state index contributed by atoms with van der Waals surface area (Å²) >= 11 is 0. The van der Waals surface area contributed by atoms with Gasteiger partial charge in [0.1, 0.15) is 5.60 Å². The molecule has 2 aliphatic rings. The van der Waals surface area contributed by atoms with E-state index in [0.717, 1.165) is 19.3 Å². The fourth-order valence-electron chi connectivity index (χ4n) is 2.61. The summed E-state index contributed by atoms with van der Waals surface area (Å²) in [5, 5.41) is 9.51. The molecule has 76 valence electrons. The van der Waals surface area contributed by atoms with E-state index < -0.39 is 5.79 Å². The molecule has 1 aliphatic heterocycles. The highest BCUT2D eigenvalue weighted by Crippen LogP contribution is 2.46. The van der Waals surface area contributed by atoms with Gasteiger partial charge in [-0.1, -0.05) is 0 Å². The van der Waals surface area contributed by atoms with Crippen LogP contribution < -0.4 is 0 Å². The molecule has 1 spiro atoms. The van der Waals surface area contributed by atoms with E-state index in [2.05, 4.69) is 0 Å². The highest BCUT2D eigenvalue weighted by Gasteiger charge is 2.54. The van der Waals surface area contributed by atoms with Crippen LogP contribution >= 0.6 is 0 Å². The van der Waals surface area contributed by atoms with Gasteiger partial charge in [0.25, 0.3) is 0 Å². The SMILES string of the molecule is C[C@H]1OC(C)(C)O[C@]12CC[C@@H](O)C2. The Hall–Kier alpha value is -0.120. The van der Waals surface area contributed by atoms with Crippen LogP contribution in [0.2, 0.25) is 0 Å². The Labute approximate surface area is 79.0 Å². The predicted molar refractivity (Wildman–Crippen MR) is 48.3 cm³/mol. The van der Waals surface area contributed by atoms with Gasteiger partial charge in [0.15, 0.2) is 5.79 Å². The van der Waals surface area contributed by atoms with Crippen LogP contribution in [0.15, 0.2) is 0 Å². The second kappa shape index (κ2) is 2.69. The molecule has 2 rings (SSSR count). The van der Waals surface area contributed by atoms with E-state index >= 15 is 0 Å². The summed E-state index contributed by atoms with van der Waals surface area (Å²) in [6.07, 6.45) is 2.36. The molecule has 0 amide bonds. The van der Waals surface area contributed by atoms with Crippen LogP contribution in [-0.4, -0.2) is 28.7 Å². The van der Waals surface area contributed by atoms with Crippen molar-refractivity contribution < 1.29 is 14.6 Å². The lowest BCUT2D eigenvalue weighted by atomic mass is 9.96. The Bertz CT molecular complexity index is 214. The van der Waals surface area contributed by atoms with Crippen molar-refractivity contribution in [2.45, 2.75) is 63.6 Å². The third-order valence-electron chi connectivity index (χ3n) is 3.13. The largest absolute Gasteiger partial charge is 0.393 e. The molecular formula is C10H18O3. The highest BCUT2D eigenvalue weighted by molar-refractivity contribution is 5.00. The minimum absolute atomic E-state index is 0.0969. The van der Waals surface area contributed by atoms with Gasteiger partial charge in [-0.05, 0) is 33.6 Å². The summed E-state index contributed by atoms with van der Waals surface area (Å²) in [5.41, 5.74) is -0.219. The van der Waals surface area contributed by atoms with Gasteiger partial charge in [-0.15, -0.1) is 0 Å². The number of hydrogen-bond donors (Lipinski definition) is 1. The summed E-state index contributed by atoms with van der Waals surface area (Å²) in [6.45, 7) is 5.90. The van der Waals surface area contributed by atoms with Crippen LogP contribution in [0, 0.1) is 0 Å². The van der Waals surface area contributed by atoms with E-state index in [4.69, 9.17) is 9.47 Å². The second-order valence-electron chi connectivity index (χ2n) is 4.72. The topological polar surface area (TPSA) is 38.7 Å². The molecule has 3 heteroatoms. The first-order valence-electron chi connectivity index (χ1n) is 5.00. The van der Waals surface area contributed by atoms with E-state index in [1.807, 2.05) is 20.8 Å². The first kappa shape index (κ1) is 9.44. The van der Waals surface area contributed by atoms with E-state index in [0.29, 0.717) is 0 Å². The summed E-state index contributed by atoms with van der Waals surface area (Å²) in [7, 11) is 0. The monoisotopic (exact) mass is 186 g/mol. The molecule has 1 aliphatic carbocycles. The van der Waals surface area contributed by atoms with Crippen molar-refractivity contribution in [1.82, 2.24) is 0 Å². The van der Waals surface area contributed by atoms with E-state index in [1.54, 1.807) is 0 Å². The van der Waals surface area contributed by atoms with Crippen LogP contribution in [-0.2, 0) is 9.47 Å². The summed E-state index contributed by atoms with van der Waals surface area (Å²) in [4.78, 5) is 0. The first-order chi connectivity index (χ1) is 5.94. The van der Waals surface area contributed by atoms with Crippen LogP contribution in [0.1, 0.15) is 40.0 Å². The summed E-state index contributed by atoms with van der Waals surface area (Å²) < 4.78 is 11.6. The molecule has 0 aromatic heterocycles. The number of ether oxygens (including phenoxy) is 2. The molecule has 2 fully saturated rings. The average molecular weight is 186 g/mol. The van der Waals surface area contributed by atoms with E-state index in [9.17, 15) is 5.11 Å². The van der Waals surface area contributed by atoms with Gasteiger partial charge < -0.3 is 14.6 Å². The predicted octanol–water partition coefficient (Wildman–Crippen LogP) is 1.44. The standard InChI is InChI=1S/C10H18O3/c1-7-10(5-4-8(11)6-10)13-9(2,3)12-7/h7-8,11H,4-6H2,1-3H3/t7-,8-,10+/m1/s1. The van der Waals surface area contributed by atoms with Crippen LogP contribution in [0.4, 0.5) is 0 Å². The van der Waals surface area contributed by atoms with Gasteiger partial charge in [0, 0.05) is 6.42 Å². The van der Waals surface area contributed by atoms with Gasteiger partial charge in [-0.3, -0.25) is 0 Å². The minimum atomic E-state index is -0.483. The van der Waals surface area contributed by atoms with Crippen molar-refractivity contribution in [2.24, 2.45) is 0 Å². The molecule has 1 saturated carbocycles. The lowest BCUT2D eigenvalue weighted by Crippen LogP contribution is -2.36. The van der Waals surface area contributed by atoms with Gasteiger partial charge in [0.05, 0.1) is 12.2 Å². The van der Waals surface area contributed by atoms with Crippen LogP contribution in [0.5, 0.6) is 0 Å². The highest BCUT2D eigenvalue weighted by atomic mass is 16.8. The van der Waals surface area contributed by atoms with Crippen LogP contribution in [0.3, 0.4) is 0 Å². The van der Waals surface area contributed by atoms with Gasteiger partial charge in [-0.2, -0.15) is 0 Å². The van der Waals surface area contributed by atoms with Crippen molar-refractivity contribution in [2.75, 3.05) is 0 Å². The zero-order chi connectivity index (χ0) is 9.69. The number of rotatable bonds is 0. The third kappa shape index (κ3) is 1.49. The van der Waals surface area contributed by atoms with Crippen molar-refractivity contribution in [3.63, 3.8) is 0 Å². The quantitative estimate of drug-likeness (QED) is 0.622. The Morgan fingerprint density at radius 1 is 1.38 bits per heavy atom. The lowest BCUT2D eigenvalue weighted by molar-refractivity contribution is -0.162. The van der Waals surface area contributed by atoms with Crippen molar-refractivity contribution in [1.29, 1.82) is 0 Å². The zero-order valence-corrected chi connectivity index (χ0v) is 8.54. The molecule has 3 atom stereocenters. The summed E-state index contributed by atoms with van der Waals surface area (Å²) in [6, 6.07) is 0. The molecule has 13 heavy (non-hydrogen) atoms. The maximum atomic E-state index is 9.51. The molecule has 0 bridgehead atoms. The molecule has 1 heterocycles. The Morgan fingerprint density at radius 3 is 2.46 bits per heavy atom. The number of aliphatic hydroxyl groups excluding tert-OH is 1. The Morgan fingerprint density at radius 2 is 2.08 bits per heavy atom. The fourth-order valence-corrected chi connectivity index (χ4v) is 2.61. The summed E-state index contributed by atoms with van der Waals surface area (Å²) in [5.74, 6) is -0.483. The normalized spacial score (nSPS) is 48.9. The third-order valence-corrected chi connectivity index (χ3v) is 3.13. The number of hydrogen-bond acceptors (Lipinski definition) is 3. The molecule has 1 N–H and O–H groups in total. The maximum absolute atomic E-state index is 9.51.